The molecule has 1 fully saturated rings. The number of sulfone groups is 1. The van der Waals surface area contributed by atoms with Crippen LogP contribution in [0.1, 0.15) is 19.3 Å². The van der Waals surface area contributed by atoms with E-state index in [4.69, 9.17) is 0 Å². The van der Waals surface area contributed by atoms with Crippen molar-refractivity contribution in [2.45, 2.75) is 36.0 Å². The Labute approximate surface area is 117 Å². The molecule has 2 N–H and O–H groups in total. The van der Waals surface area contributed by atoms with Crippen LogP contribution in [-0.2, 0) is 9.84 Å². The van der Waals surface area contributed by atoms with Crippen LogP contribution in [0.4, 0.5) is 14.5 Å². The van der Waals surface area contributed by atoms with Gasteiger partial charge in [0.2, 0.25) is 9.84 Å². The van der Waals surface area contributed by atoms with Gasteiger partial charge in [-0.3, -0.25) is 0 Å². The first-order valence-corrected chi connectivity index (χ1v) is 8.14. The topological polar surface area (TPSA) is 58.2 Å². The molecule has 0 amide bonds. The van der Waals surface area contributed by atoms with E-state index in [1.807, 2.05) is 0 Å². The largest absolute Gasteiger partial charge is 0.381 e. The maximum Gasteiger partial charge on any atom is 0.341 e. The van der Waals surface area contributed by atoms with Crippen LogP contribution in [0.25, 0.3) is 0 Å². The normalized spacial score (nSPS) is 20.6. The van der Waals surface area contributed by atoms with Crippen molar-refractivity contribution < 1.29 is 17.2 Å². The molecular formula is C13H18F2N2O2S. The van der Waals surface area contributed by atoms with Gasteiger partial charge in [-0.15, -0.1) is 0 Å². The lowest BCUT2D eigenvalue weighted by Gasteiger charge is -2.18. The van der Waals surface area contributed by atoms with Crippen molar-refractivity contribution in [3.8, 4) is 0 Å². The Morgan fingerprint density at radius 3 is 2.55 bits per heavy atom. The number of benzene rings is 1. The van der Waals surface area contributed by atoms with Crippen LogP contribution in [0.3, 0.4) is 0 Å². The molecule has 0 aliphatic carbocycles. The lowest BCUT2D eigenvalue weighted by Crippen LogP contribution is -2.30. The molecule has 1 aromatic carbocycles. The highest BCUT2D eigenvalue weighted by Gasteiger charge is 2.26. The quantitative estimate of drug-likeness (QED) is 0.895. The van der Waals surface area contributed by atoms with Gasteiger partial charge in [-0.1, -0.05) is 6.42 Å². The van der Waals surface area contributed by atoms with E-state index in [1.54, 1.807) is 0 Å². The zero-order valence-corrected chi connectivity index (χ0v) is 11.8. The molecule has 0 spiro atoms. The third-order valence-corrected chi connectivity index (χ3v) is 4.73. The molecule has 0 bridgehead atoms. The number of alkyl halides is 2. The Morgan fingerprint density at radius 2 is 1.90 bits per heavy atom. The summed E-state index contributed by atoms with van der Waals surface area (Å²) >= 11 is 0. The summed E-state index contributed by atoms with van der Waals surface area (Å²) in [5, 5.41) is 6.59. The average Bonchev–Trinajstić information content (AvgIpc) is 2.68. The van der Waals surface area contributed by atoms with Crippen LogP contribution >= 0.6 is 0 Å². The second-order valence-corrected chi connectivity index (χ2v) is 6.79. The van der Waals surface area contributed by atoms with E-state index in [-0.39, 0.29) is 10.9 Å². The summed E-state index contributed by atoms with van der Waals surface area (Å²) in [6.45, 7) is 1.85. The van der Waals surface area contributed by atoms with E-state index in [0.29, 0.717) is 0 Å². The SMILES string of the molecule is O=S(=O)(c1ccc(NC2CCCCNC2)cc1)C(F)F. The second-order valence-electron chi connectivity index (χ2n) is 4.87. The molecule has 1 aromatic rings. The summed E-state index contributed by atoms with van der Waals surface area (Å²) in [5.74, 6) is -3.38. The molecule has 1 atom stereocenters. The predicted molar refractivity (Wildman–Crippen MR) is 73.8 cm³/mol. The summed E-state index contributed by atoms with van der Waals surface area (Å²) in [6.07, 6.45) is 3.30. The monoisotopic (exact) mass is 304 g/mol. The van der Waals surface area contributed by atoms with Crippen molar-refractivity contribution in [1.82, 2.24) is 5.32 Å². The predicted octanol–water partition coefficient (Wildman–Crippen LogP) is 2.24. The Kier molecular flexibility index (Phi) is 4.93. The molecule has 1 saturated heterocycles. The minimum atomic E-state index is -4.51. The van der Waals surface area contributed by atoms with Crippen LogP contribution in [0, 0.1) is 0 Å². The number of nitrogens with one attached hydrogen (secondary N) is 2. The standard InChI is InChI=1S/C13H18F2N2O2S/c14-13(15)20(18,19)12-6-4-10(5-7-12)17-11-3-1-2-8-16-9-11/h4-7,11,13,16-17H,1-3,8-9H2. The van der Waals surface area contributed by atoms with Crippen LogP contribution in [0.5, 0.6) is 0 Å². The van der Waals surface area contributed by atoms with E-state index in [1.165, 1.54) is 24.3 Å². The van der Waals surface area contributed by atoms with Gasteiger partial charge in [0.15, 0.2) is 0 Å². The average molecular weight is 304 g/mol. The van der Waals surface area contributed by atoms with Crippen LogP contribution in [0.2, 0.25) is 0 Å². The maximum atomic E-state index is 12.4. The minimum Gasteiger partial charge on any atom is -0.381 e. The molecule has 4 nitrogen and oxygen atoms in total. The fraction of sp³-hybridized carbons (Fsp3) is 0.538. The van der Waals surface area contributed by atoms with Gasteiger partial charge in [-0.25, -0.2) is 8.42 Å². The van der Waals surface area contributed by atoms with E-state index in [0.717, 1.165) is 38.0 Å². The third-order valence-electron chi connectivity index (χ3n) is 3.34. The molecule has 1 heterocycles. The summed E-state index contributed by atoms with van der Waals surface area (Å²) in [4.78, 5) is -0.350. The Bertz CT molecular complexity index is 524. The molecule has 0 aromatic heterocycles. The maximum absolute atomic E-state index is 12.4. The van der Waals surface area contributed by atoms with Gasteiger partial charge in [0.1, 0.15) is 0 Å². The molecule has 20 heavy (non-hydrogen) atoms. The molecule has 112 valence electrons. The van der Waals surface area contributed by atoms with Gasteiger partial charge in [0, 0.05) is 18.3 Å². The lowest BCUT2D eigenvalue weighted by molar-refractivity contribution is 0.234. The van der Waals surface area contributed by atoms with Gasteiger partial charge in [-0.05, 0) is 43.7 Å². The fourth-order valence-corrected chi connectivity index (χ4v) is 2.94. The van der Waals surface area contributed by atoms with Crippen molar-refractivity contribution in [2.24, 2.45) is 0 Å². The molecule has 1 unspecified atom stereocenters. The number of halogens is 2. The van der Waals surface area contributed by atoms with Crippen molar-refractivity contribution in [2.75, 3.05) is 18.4 Å². The summed E-state index contributed by atoms with van der Waals surface area (Å²) < 4.78 is 47.4. The lowest BCUT2D eigenvalue weighted by atomic mass is 10.1. The highest BCUT2D eigenvalue weighted by molar-refractivity contribution is 7.91. The van der Waals surface area contributed by atoms with Crippen LogP contribution in [0.15, 0.2) is 29.2 Å². The number of hydrogen-bond donors (Lipinski definition) is 2. The number of anilines is 1. The second kappa shape index (κ2) is 6.49. The molecular weight excluding hydrogens is 286 g/mol. The molecule has 0 saturated carbocycles. The molecule has 1 aliphatic heterocycles. The third kappa shape index (κ3) is 3.67. The highest BCUT2D eigenvalue weighted by atomic mass is 32.2. The highest BCUT2D eigenvalue weighted by Crippen LogP contribution is 2.21. The van der Waals surface area contributed by atoms with Crippen LogP contribution in [-0.4, -0.2) is 33.3 Å². The summed E-state index contributed by atoms with van der Waals surface area (Å²) in [5.41, 5.74) is 0.743. The Morgan fingerprint density at radius 1 is 1.20 bits per heavy atom. The number of rotatable bonds is 4. The Balaban J connectivity index is 2.05. The van der Waals surface area contributed by atoms with Gasteiger partial charge >= 0.3 is 5.76 Å². The van der Waals surface area contributed by atoms with Gasteiger partial charge < -0.3 is 10.6 Å². The van der Waals surface area contributed by atoms with Crippen molar-refractivity contribution in [3.05, 3.63) is 24.3 Å². The van der Waals surface area contributed by atoms with Crippen molar-refractivity contribution in [1.29, 1.82) is 0 Å². The van der Waals surface area contributed by atoms with Gasteiger partial charge in [0.05, 0.1) is 4.90 Å². The molecule has 0 radical (unpaired) electrons. The van der Waals surface area contributed by atoms with Crippen LogP contribution < -0.4 is 10.6 Å². The van der Waals surface area contributed by atoms with E-state index in [2.05, 4.69) is 10.6 Å². The zero-order chi connectivity index (χ0) is 14.6. The van der Waals surface area contributed by atoms with E-state index >= 15 is 0 Å². The van der Waals surface area contributed by atoms with Crippen molar-refractivity contribution >= 4 is 15.5 Å². The first-order valence-electron chi connectivity index (χ1n) is 6.59. The first kappa shape index (κ1) is 15.2. The van der Waals surface area contributed by atoms with Gasteiger partial charge in [0.25, 0.3) is 0 Å². The van der Waals surface area contributed by atoms with Crippen molar-refractivity contribution in [3.63, 3.8) is 0 Å². The Hall–Kier alpha value is -1.21. The molecule has 1 aliphatic rings. The first-order chi connectivity index (χ1) is 9.50. The smallest absolute Gasteiger partial charge is 0.341 e. The molecule has 7 heteroatoms. The molecule has 2 rings (SSSR count). The van der Waals surface area contributed by atoms with E-state index < -0.39 is 15.6 Å². The zero-order valence-electron chi connectivity index (χ0n) is 11.0. The fourth-order valence-electron chi connectivity index (χ4n) is 2.22. The summed E-state index contributed by atoms with van der Waals surface area (Å²) in [7, 11) is -4.51. The minimum absolute atomic E-state index is 0.273. The van der Waals surface area contributed by atoms with E-state index in [9.17, 15) is 17.2 Å². The summed E-state index contributed by atoms with van der Waals surface area (Å²) in [6, 6.07) is 5.76. The number of hydrogen-bond acceptors (Lipinski definition) is 4. The van der Waals surface area contributed by atoms with Gasteiger partial charge in [-0.2, -0.15) is 8.78 Å².